The van der Waals surface area contributed by atoms with Gasteiger partial charge in [0.2, 0.25) is 0 Å². The molecule has 3 rings (SSSR count). The Morgan fingerprint density at radius 1 is 0.806 bits per heavy atom. The first-order chi connectivity index (χ1) is 14.7. The SMILES string of the molecule is CCCC1CCC(C2CCC(c3ccc(COCC(F)(F)C(F)(F)F)cc3)CC2)CC1. The van der Waals surface area contributed by atoms with Crippen LogP contribution in [0.15, 0.2) is 24.3 Å². The van der Waals surface area contributed by atoms with E-state index >= 15 is 0 Å². The predicted molar refractivity (Wildman–Crippen MR) is 112 cm³/mol. The molecule has 0 radical (unpaired) electrons. The van der Waals surface area contributed by atoms with Crippen molar-refractivity contribution in [2.24, 2.45) is 17.8 Å². The summed E-state index contributed by atoms with van der Waals surface area (Å²) in [6, 6.07) is 7.51. The third-order valence-electron chi connectivity index (χ3n) is 7.44. The summed E-state index contributed by atoms with van der Waals surface area (Å²) in [5, 5.41) is 0. The van der Waals surface area contributed by atoms with Gasteiger partial charge in [0.05, 0.1) is 6.61 Å². The van der Waals surface area contributed by atoms with Crippen LogP contribution in [-0.2, 0) is 11.3 Å². The van der Waals surface area contributed by atoms with Crippen LogP contribution in [-0.4, -0.2) is 18.7 Å². The molecule has 0 amide bonds. The smallest absolute Gasteiger partial charge is 0.370 e. The number of ether oxygens (including phenoxy) is 1. The van der Waals surface area contributed by atoms with Gasteiger partial charge in [-0.25, -0.2) is 0 Å². The Morgan fingerprint density at radius 3 is 1.87 bits per heavy atom. The second kappa shape index (κ2) is 10.6. The summed E-state index contributed by atoms with van der Waals surface area (Å²) in [5.41, 5.74) is 1.84. The molecule has 176 valence electrons. The van der Waals surface area contributed by atoms with Crippen molar-refractivity contribution >= 4 is 0 Å². The van der Waals surface area contributed by atoms with E-state index < -0.39 is 18.7 Å². The fourth-order valence-corrected chi connectivity index (χ4v) is 5.55. The van der Waals surface area contributed by atoms with E-state index in [9.17, 15) is 22.0 Å². The van der Waals surface area contributed by atoms with Gasteiger partial charge < -0.3 is 4.74 Å². The van der Waals surface area contributed by atoms with E-state index in [1.54, 1.807) is 12.1 Å². The molecule has 0 atom stereocenters. The van der Waals surface area contributed by atoms with E-state index in [0.717, 1.165) is 17.8 Å². The zero-order chi connectivity index (χ0) is 22.5. The molecular weight excluding hydrogens is 411 g/mol. The Bertz CT molecular complexity index is 653. The van der Waals surface area contributed by atoms with Gasteiger partial charge in [-0.2, -0.15) is 22.0 Å². The molecule has 0 unspecified atom stereocenters. The highest BCUT2D eigenvalue weighted by Crippen LogP contribution is 2.44. The summed E-state index contributed by atoms with van der Waals surface area (Å²) < 4.78 is 67.0. The molecule has 6 heteroatoms. The van der Waals surface area contributed by atoms with E-state index in [4.69, 9.17) is 0 Å². The highest BCUT2D eigenvalue weighted by molar-refractivity contribution is 5.25. The standard InChI is InChI=1S/C25H35F5O/c1-2-3-18-4-8-20(9-5-18)22-12-14-23(15-13-22)21-10-6-19(7-11-21)16-31-17-24(26,27)25(28,29)30/h6-7,10-11,18,20,22-23H,2-5,8-9,12-17H2,1H3. The zero-order valence-corrected chi connectivity index (χ0v) is 18.4. The molecule has 0 saturated heterocycles. The Hall–Kier alpha value is -1.17. The second-order valence-electron chi connectivity index (χ2n) is 9.62. The van der Waals surface area contributed by atoms with Crippen LogP contribution < -0.4 is 0 Å². The molecule has 0 aromatic heterocycles. The van der Waals surface area contributed by atoms with Crippen LogP contribution in [0.2, 0.25) is 0 Å². The maximum Gasteiger partial charge on any atom is 0.455 e. The first kappa shape index (κ1) is 24.5. The quantitative estimate of drug-likeness (QED) is 0.365. The van der Waals surface area contributed by atoms with E-state index in [2.05, 4.69) is 11.7 Å². The first-order valence-corrected chi connectivity index (χ1v) is 11.8. The van der Waals surface area contributed by atoms with Crippen LogP contribution in [0.5, 0.6) is 0 Å². The number of benzene rings is 1. The van der Waals surface area contributed by atoms with Gasteiger partial charge in [-0.15, -0.1) is 0 Å². The van der Waals surface area contributed by atoms with Gasteiger partial charge in [0.1, 0.15) is 6.61 Å². The van der Waals surface area contributed by atoms with Crippen LogP contribution in [0.3, 0.4) is 0 Å². The van der Waals surface area contributed by atoms with Gasteiger partial charge in [-0.1, -0.05) is 56.9 Å². The lowest BCUT2D eigenvalue weighted by Crippen LogP contribution is -2.40. The molecule has 2 aliphatic rings. The molecule has 0 bridgehead atoms. The first-order valence-electron chi connectivity index (χ1n) is 11.8. The summed E-state index contributed by atoms with van der Waals surface area (Å²) >= 11 is 0. The minimum absolute atomic E-state index is 0.251. The van der Waals surface area contributed by atoms with Gasteiger partial charge in [-0.05, 0) is 73.3 Å². The highest BCUT2D eigenvalue weighted by Gasteiger charge is 2.57. The van der Waals surface area contributed by atoms with Crippen molar-refractivity contribution in [3.8, 4) is 0 Å². The molecule has 2 fully saturated rings. The van der Waals surface area contributed by atoms with Gasteiger partial charge >= 0.3 is 12.1 Å². The van der Waals surface area contributed by atoms with Crippen LogP contribution in [0.4, 0.5) is 22.0 Å². The minimum atomic E-state index is -5.58. The van der Waals surface area contributed by atoms with Crippen molar-refractivity contribution in [3.63, 3.8) is 0 Å². The highest BCUT2D eigenvalue weighted by atomic mass is 19.4. The van der Waals surface area contributed by atoms with Gasteiger partial charge in [0.25, 0.3) is 0 Å². The molecule has 1 aromatic carbocycles. The maximum absolute atomic E-state index is 12.9. The molecule has 0 aliphatic heterocycles. The Morgan fingerprint density at radius 2 is 1.35 bits per heavy atom. The topological polar surface area (TPSA) is 9.23 Å². The zero-order valence-electron chi connectivity index (χ0n) is 18.4. The molecule has 1 aromatic rings. The van der Waals surface area contributed by atoms with Crippen LogP contribution in [0.1, 0.15) is 88.2 Å². The number of halogens is 5. The average molecular weight is 447 g/mol. The van der Waals surface area contributed by atoms with Gasteiger partial charge in [0.15, 0.2) is 0 Å². The van der Waals surface area contributed by atoms with Gasteiger partial charge in [-0.3, -0.25) is 0 Å². The summed E-state index contributed by atoms with van der Waals surface area (Å²) in [6.07, 6.45) is 7.57. The fourth-order valence-electron chi connectivity index (χ4n) is 5.55. The molecule has 0 spiro atoms. The number of rotatable bonds is 8. The summed E-state index contributed by atoms with van der Waals surface area (Å²) in [6.45, 7) is 0.376. The van der Waals surface area contributed by atoms with Crippen molar-refractivity contribution in [3.05, 3.63) is 35.4 Å². The van der Waals surface area contributed by atoms with Crippen molar-refractivity contribution < 1.29 is 26.7 Å². The van der Waals surface area contributed by atoms with Crippen LogP contribution in [0.25, 0.3) is 0 Å². The normalized spacial score (nSPS) is 27.9. The summed E-state index contributed by atoms with van der Waals surface area (Å²) in [7, 11) is 0. The van der Waals surface area contributed by atoms with E-state index in [0.29, 0.717) is 11.5 Å². The van der Waals surface area contributed by atoms with E-state index in [1.807, 2.05) is 12.1 Å². The monoisotopic (exact) mass is 446 g/mol. The average Bonchev–Trinajstić information content (AvgIpc) is 2.74. The van der Waals surface area contributed by atoms with Crippen molar-refractivity contribution in [1.29, 1.82) is 0 Å². The van der Waals surface area contributed by atoms with Crippen molar-refractivity contribution in [1.82, 2.24) is 0 Å². The fraction of sp³-hybridized carbons (Fsp3) is 0.760. The molecule has 0 heterocycles. The van der Waals surface area contributed by atoms with Crippen molar-refractivity contribution in [2.75, 3.05) is 6.61 Å². The number of alkyl halides is 5. The number of hydrogen-bond acceptors (Lipinski definition) is 1. The van der Waals surface area contributed by atoms with Crippen LogP contribution >= 0.6 is 0 Å². The van der Waals surface area contributed by atoms with E-state index in [1.165, 1.54) is 69.8 Å². The van der Waals surface area contributed by atoms with Crippen molar-refractivity contribution in [2.45, 2.75) is 95.8 Å². The molecule has 1 nitrogen and oxygen atoms in total. The Kier molecular flexibility index (Phi) is 8.39. The molecule has 31 heavy (non-hydrogen) atoms. The minimum Gasteiger partial charge on any atom is -0.370 e. The van der Waals surface area contributed by atoms with E-state index in [-0.39, 0.29) is 6.61 Å². The third-order valence-corrected chi connectivity index (χ3v) is 7.44. The third kappa shape index (κ3) is 6.66. The lowest BCUT2D eigenvalue weighted by Gasteiger charge is -2.38. The lowest BCUT2D eigenvalue weighted by molar-refractivity contribution is -0.297. The maximum atomic E-state index is 12.9. The predicted octanol–water partition coefficient (Wildman–Crippen LogP) is 8.28. The Balaban J connectivity index is 1.41. The lowest BCUT2D eigenvalue weighted by atomic mass is 9.68. The van der Waals surface area contributed by atoms with Crippen LogP contribution in [0, 0.1) is 17.8 Å². The second-order valence-corrected chi connectivity index (χ2v) is 9.62. The molecular formula is C25H35F5O. The Labute approximate surface area is 182 Å². The summed E-state index contributed by atoms with van der Waals surface area (Å²) in [4.78, 5) is 0. The summed E-state index contributed by atoms with van der Waals surface area (Å²) in [5.74, 6) is -1.62. The largest absolute Gasteiger partial charge is 0.455 e. The molecule has 0 N–H and O–H groups in total. The van der Waals surface area contributed by atoms with Gasteiger partial charge in [0, 0.05) is 0 Å². The molecule has 2 saturated carbocycles. The number of hydrogen-bond donors (Lipinski definition) is 0. The molecule has 2 aliphatic carbocycles.